The topological polar surface area (TPSA) is 29.1 Å². The molecule has 0 amide bonds. The largest absolute Gasteiger partial charge is 0.384 e. The molecule has 1 aliphatic heterocycles. The lowest BCUT2D eigenvalue weighted by atomic mass is 9.92. The molecule has 2 heteroatoms. The second-order valence-electron chi connectivity index (χ2n) is 4.85. The highest BCUT2D eigenvalue weighted by Crippen LogP contribution is 2.26. The molecule has 0 spiro atoms. The minimum absolute atomic E-state index is 0.236. The van der Waals surface area contributed by atoms with Gasteiger partial charge in [-0.05, 0) is 61.4 Å². The summed E-state index contributed by atoms with van der Waals surface area (Å²) in [4.78, 5) is 12.3. The Hall–Kier alpha value is -1.57. The van der Waals surface area contributed by atoms with Crippen molar-refractivity contribution in [1.29, 1.82) is 0 Å². The van der Waals surface area contributed by atoms with Crippen LogP contribution in [0.3, 0.4) is 0 Å². The van der Waals surface area contributed by atoms with Gasteiger partial charge in [0.05, 0.1) is 0 Å². The minimum Gasteiger partial charge on any atom is -0.384 e. The number of Topliss-reactive ketones (excluding diaryl/α,β-unsaturated/α-hetero) is 1. The van der Waals surface area contributed by atoms with Crippen LogP contribution < -0.4 is 5.32 Å². The maximum Gasteiger partial charge on any atom is 0.188 e. The third-order valence-corrected chi connectivity index (χ3v) is 3.66. The molecule has 0 bridgehead atoms. The number of ketones is 1. The molecule has 1 aliphatic carbocycles. The Morgan fingerprint density at radius 3 is 2.94 bits per heavy atom. The van der Waals surface area contributed by atoms with Crippen molar-refractivity contribution in [1.82, 2.24) is 0 Å². The number of fused-ring (bicyclic) bond motifs is 1. The van der Waals surface area contributed by atoms with Gasteiger partial charge in [-0.15, -0.1) is 0 Å². The highest BCUT2D eigenvalue weighted by atomic mass is 16.1. The van der Waals surface area contributed by atoms with Crippen molar-refractivity contribution < 1.29 is 4.79 Å². The second-order valence-corrected chi connectivity index (χ2v) is 4.85. The van der Waals surface area contributed by atoms with Gasteiger partial charge in [-0.25, -0.2) is 0 Å². The lowest BCUT2D eigenvalue weighted by molar-refractivity contribution is 0.102. The average molecular weight is 227 g/mol. The zero-order valence-electron chi connectivity index (χ0n) is 9.96. The molecule has 2 nitrogen and oxygen atoms in total. The Morgan fingerprint density at radius 1 is 1.18 bits per heavy atom. The van der Waals surface area contributed by atoms with Crippen LogP contribution in [-0.2, 0) is 6.42 Å². The van der Waals surface area contributed by atoms with Crippen LogP contribution in [0.25, 0.3) is 0 Å². The van der Waals surface area contributed by atoms with Gasteiger partial charge in [0.15, 0.2) is 5.78 Å². The molecular weight excluding hydrogens is 210 g/mol. The Kier molecular flexibility index (Phi) is 2.71. The van der Waals surface area contributed by atoms with Crippen LogP contribution >= 0.6 is 0 Å². The van der Waals surface area contributed by atoms with Crippen LogP contribution in [-0.4, -0.2) is 12.3 Å². The number of carbonyl (C=O) groups is 1. The monoisotopic (exact) mass is 227 g/mol. The van der Waals surface area contributed by atoms with E-state index in [2.05, 4.69) is 17.5 Å². The number of allylic oxidation sites excluding steroid dienone is 2. The molecule has 3 rings (SSSR count). The van der Waals surface area contributed by atoms with Crippen molar-refractivity contribution in [2.75, 3.05) is 11.9 Å². The number of hydrogen-bond acceptors (Lipinski definition) is 2. The van der Waals surface area contributed by atoms with Crippen LogP contribution in [0.5, 0.6) is 0 Å². The van der Waals surface area contributed by atoms with Crippen molar-refractivity contribution in [3.05, 3.63) is 41.0 Å². The zero-order valence-corrected chi connectivity index (χ0v) is 9.96. The predicted octanol–water partition coefficient (Wildman–Crippen LogP) is 3.34. The summed E-state index contributed by atoms with van der Waals surface area (Å²) >= 11 is 0. The molecule has 1 N–H and O–H groups in total. The van der Waals surface area contributed by atoms with E-state index < -0.39 is 0 Å². The smallest absolute Gasteiger partial charge is 0.188 e. The molecule has 17 heavy (non-hydrogen) atoms. The SMILES string of the molecule is O=C(C1=CCCCC1)c1ccc2c(c1)CCN2. The van der Waals surface area contributed by atoms with Crippen molar-refractivity contribution in [3.63, 3.8) is 0 Å². The van der Waals surface area contributed by atoms with E-state index in [0.717, 1.165) is 43.4 Å². The second kappa shape index (κ2) is 4.36. The molecule has 1 aromatic rings. The van der Waals surface area contributed by atoms with Crippen molar-refractivity contribution in [2.45, 2.75) is 32.1 Å². The fourth-order valence-corrected chi connectivity index (χ4v) is 2.68. The van der Waals surface area contributed by atoms with Crippen molar-refractivity contribution in [2.24, 2.45) is 0 Å². The molecule has 0 saturated heterocycles. The van der Waals surface area contributed by atoms with Crippen LogP contribution in [0.2, 0.25) is 0 Å². The van der Waals surface area contributed by atoms with E-state index in [9.17, 15) is 4.79 Å². The first-order chi connectivity index (χ1) is 8.34. The fourth-order valence-electron chi connectivity index (χ4n) is 2.68. The number of benzene rings is 1. The number of hydrogen-bond donors (Lipinski definition) is 1. The summed E-state index contributed by atoms with van der Waals surface area (Å²) in [5.41, 5.74) is 4.36. The summed E-state index contributed by atoms with van der Waals surface area (Å²) in [6, 6.07) is 6.06. The number of nitrogens with one attached hydrogen (secondary N) is 1. The summed E-state index contributed by atoms with van der Waals surface area (Å²) in [5.74, 6) is 0.236. The summed E-state index contributed by atoms with van der Waals surface area (Å²) in [5, 5.41) is 3.32. The van der Waals surface area contributed by atoms with E-state index in [1.807, 2.05) is 12.1 Å². The first kappa shape index (κ1) is 10.6. The molecule has 0 saturated carbocycles. The van der Waals surface area contributed by atoms with Gasteiger partial charge in [0.2, 0.25) is 0 Å². The van der Waals surface area contributed by atoms with Gasteiger partial charge in [-0.2, -0.15) is 0 Å². The van der Waals surface area contributed by atoms with Crippen LogP contribution in [0.1, 0.15) is 41.6 Å². The average Bonchev–Trinajstić information content (AvgIpc) is 2.86. The van der Waals surface area contributed by atoms with Crippen molar-refractivity contribution >= 4 is 11.5 Å². The summed E-state index contributed by atoms with van der Waals surface area (Å²) in [6.07, 6.45) is 7.56. The molecule has 1 aromatic carbocycles. The fraction of sp³-hybridized carbons (Fsp3) is 0.400. The van der Waals surface area contributed by atoms with E-state index in [1.165, 1.54) is 17.7 Å². The van der Waals surface area contributed by atoms with E-state index >= 15 is 0 Å². The van der Waals surface area contributed by atoms with Gasteiger partial charge in [-0.3, -0.25) is 4.79 Å². The lowest BCUT2D eigenvalue weighted by Gasteiger charge is -2.12. The Bertz CT molecular complexity index is 488. The third-order valence-electron chi connectivity index (χ3n) is 3.66. The first-order valence-corrected chi connectivity index (χ1v) is 6.45. The quantitative estimate of drug-likeness (QED) is 0.785. The first-order valence-electron chi connectivity index (χ1n) is 6.45. The molecular formula is C15H17NO. The van der Waals surface area contributed by atoms with Gasteiger partial charge in [-0.1, -0.05) is 6.08 Å². The normalized spacial score (nSPS) is 18.2. The van der Waals surface area contributed by atoms with Crippen LogP contribution in [0.15, 0.2) is 29.8 Å². The number of carbonyl (C=O) groups excluding carboxylic acids is 1. The van der Waals surface area contributed by atoms with Gasteiger partial charge >= 0.3 is 0 Å². The van der Waals surface area contributed by atoms with Gasteiger partial charge < -0.3 is 5.32 Å². The Labute approximate surface area is 102 Å². The van der Waals surface area contributed by atoms with E-state index in [0.29, 0.717) is 0 Å². The highest BCUT2D eigenvalue weighted by molar-refractivity contribution is 6.09. The number of rotatable bonds is 2. The van der Waals surface area contributed by atoms with Gasteiger partial charge in [0, 0.05) is 17.8 Å². The van der Waals surface area contributed by atoms with E-state index in [4.69, 9.17) is 0 Å². The lowest BCUT2D eigenvalue weighted by Crippen LogP contribution is -2.06. The Morgan fingerprint density at radius 2 is 2.12 bits per heavy atom. The maximum atomic E-state index is 12.3. The third kappa shape index (κ3) is 1.99. The highest BCUT2D eigenvalue weighted by Gasteiger charge is 2.17. The van der Waals surface area contributed by atoms with E-state index in [1.54, 1.807) is 0 Å². The van der Waals surface area contributed by atoms with E-state index in [-0.39, 0.29) is 5.78 Å². The summed E-state index contributed by atoms with van der Waals surface area (Å²) < 4.78 is 0. The molecule has 0 atom stereocenters. The molecule has 1 heterocycles. The standard InChI is InChI=1S/C15H17NO/c17-15(11-4-2-1-3-5-11)13-6-7-14-12(10-13)8-9-16-14/h4,6-7,10,16H,1-3,5,8-9H2. The van der Waals surface area contributed by atoms with Crippen LogP contribution in [0, 0.1) is 0 Å². The minimum atomic E-state index is 0.236. The summed E-state index contributed by atoms with van der Waals surface area (Å²) in [7, 11) is 0. The molecule has 0 radical (unpaired) electrons. The van der Waals surface area contributed by atoms with Crippen molar-refractivity contribution in [3.8, 4) is 0 Å². The Balaban J connectivity index is 1.88. The molecule has 0 aromatic heterocycles. The molecule has 2 aliphatic rings. The summed E-state index contributed by atoms with van der Waals surface area (Å²) in [6.45, 7) is 0.996. The van der Waals surface area contributed by atoms with Gasteiger partial charge in [0.1, 0.15) is 0 Å². The predicted molar refractivity (Wildman–Crippen MR) is 69.5 cm³/mol. The van der Waals surface area contributed by atoms with Crippen LogP contribution in [0.4, 0.5) is 5.69 Å². The maximum absolute atomic E-state index is 12.3. The zero-order chi connectivity index (χ0) is 11.7. The molecule has 88 valence electrons. The van der Waals surface area contributed by atoms with Gasteiger partial charge in [0.25, 0.3) is 0 Å². The molecule has 0 unspecified atom stereocenters. The molecule has 0 fully saturated rings. The number of anilines is 1.